The van der Waals surface area contributed by atoms with Crippen molar-refractivity contribution in [2.75, 3.05) is 13.1 Å². The zero-order valence-corrected chi connectivity index (χ0v) is 19.5. The van der Waals surface area contributed by atoms with Gasteiger partial charge in [0, 0.05) is 47.6 Å². The van der Waals surface area contributed by atoms with Crippen molar-refractivity contribution < 1.29 is 14.3 Å². The highest BCUT2D eigenvalue weighted by Gasteiger charge is 2.52. The summed E-state index contributed by atoms with van der Waals surface area (Å²) in [5, 5.41) is 0.984. The number of carbonyl (C=O) groups excluding carboxylic acids is 1. The fourth-order valence-corrected chi connectivity index (χ4v) is 6.48. The third-order valence-electron chi connectivity index (χ3n) is 8.08. The minimum atomic E-state index is -0.309. The first kappa shape index (κ1) is 20.8. The number of rotatable bonds is 3. The Balaban J connectivity index is 1.39. The number of piperidine rings is 2. The molecule has 3 aliphatic heterocycles. The first-order chi connectivity index (χ1) is 16.1. The van der Waals surface area contributed by atoms with Crippen molar-refractivity contribution in [2.24, 2.45) is 5.92 Å². The van der Waals surface area contributed by atoms with Crippen molar-refractivity contribution in [2.45, 2.75) is 64.2 Å². The van der Waals surface area contributed by atoms with Gasteiger partial charge in [0.1, 0.15) is 11.9 Å². The first-order valence-corrected chi connectivity index (χ1v) is 12.4. The number of aromatic nitrogens is 1. The molecule has 3 aliphatic rings. The van der Waals surface area contributed by atoms with Crippen LogP contribution in [0.1, 0.15) is 72.3 Å². The molecule has 172 valence electrons. The summed E-state index contributed by atoms with van der Waals surface area (Å²) in [5.41, 5.74) is 4.49. The van der Waals surface area contributed by atoms with Gasteiger partial charge < -0.3 is 14.5 Å². The SMILES string of the molecule is Cc1[nH]c2ccc3c(c2c1C(=O)O[C@H](C)c1ccccc1)CC1CCCN2CCCCC12O3. The van der Waals surface area contributed by atoms with Gasteiger partial charge in [-0.2, -0.15) is 0 Å². The predicted molar refractivity (Wildman–Crippen MR) is 129 cm³/mol. The number of nitrogens with zero attached hydrogens (tertiary/aromatic N) is 1. The van der Waals surface area contributed by atoms with E-state index in [2.05, 4.69) is 22.0 Å². The molecule has 5 heteroatoms. The third-order valence-corrected chi connectivity index (χ3v) is 8.08. The van der Waals surface area contributed by atoms with Crippen LogP contribution in [0.4, 0.5) is 0 Å². The van der Waals surface area contributed by atoms with Gasteiger partial charge in [0.2, 0.25) is 0 Å². The van der Waals surface area contributed by atoms with E-state index in [0.29, 0.717) is 11.5 Å². The molecule has 2 fully saturated rings. The highest BCUT2D eigenvalue weighted by molar-refractivity contribution is 6.07. The number of aryl methyl sites for hydroxylation is 1. The van der Waals surface area contributed by atoms with Gasteiger partial charge in [-0.05, 0) is 63.6 Å². The number of carbonyl (C=O) groups is 1. The third kappa shape index (κ3) is 3.28. The molecule has 2 saturated heterocycles. The molecule has 1 aromatic heterocycles. The molecule has 0 radical (unpaired) electrons. The van der Waals surface area contributed by atoms with E-state index >= 15 is 0 Å². The summed E-state index contributed by atoms with van der Waals surface area (Å²) in [4.78, 5) is 19.5. The summed E-state index contributed by atoms with van der Waals surface area (Å²) in [6.07, 6.45) is 6.63. The maximum Gasteiger partial charge on any atom is 0.341 e. The lowest BCUT2D eigenvalue weighted by Crippen LogP contribution is -2.64. The van der Waals surface area contributed by atoms with Gasteiger partial charge in [-0.1, -0.05) is 30.3 Å². The molecule has 0 aliphatic carbocycles. The number of fused-ring (bicyclic) bond motifs is 3. The number of hydrogen-bond acceptors (Lipinski definition) is 4. The van der Waals surface area contributed by atoms with Gasteiger partial charge in [0.05, 0.1) is 5.56 Å². The van der Waals surface area contributed by atoms with Crippen LogP contribution < -0.4 is 4.74 Å². The van der Waals surface area contributed by atoms with Gasteiger partial charge >= 0.3 is 5.97 Å². The van der Waals surface area contributed by atoms with E-state index in [1.807, 2.05) is 44.2 Å². The lowest BCUT2D eigenvalue weighted by atomic mass is 9.74. The molecule has 2 aromatic carbocycles. The van der Waals surface area contributed by atoms with Crippen LogP contribution in [-0.4, -0.2) is 34.7 Å². The van der Waals surface area contributed by atoms with Crippen molar-refractivity contribution >= 4 is 16.9 Å². The van der Waals surface area contributed by atoms with E-state index in [9.17, 15) is 4.79 Å². The standard InChI is InChI=1S/C28H32N2O3/c1-18-25(27(31)32-19(2)20-9-4-3-5-10-20)26-22-17-21-11-8-16-30-15-7-6-14-28(21,30)33-24(22)13-12-23(26)29-18/h3-5,9-10,12-13,19,21,29H,6-8,11,14-17H2,1-2H3/t19-,21?,28?/m1/s1. The van der Waals surface area contributed by atoms with Crippen molar-refractivity contribution in [3.8, 4) is 5.75 Å². The molecular formula is C28H32N2O3. The molecule has 0 saturated carbocycles. The molecule has 5 nitrogen and oxygen atoms in total. The van der Waals surface area contributed by atoms with Crippen molar-refractivity contribution in [1.29, 1.82) is 0 Å². The summed E-state index contributed by atoms with van der Waals surface area (Å²) >= 11 is 0. The molecule has 6 rings (SSSR count). The van der Waals surface area contributed by atoms with Gasteiger partial charge in [-0.15, -0.1) is 0 Å². The second-order valence-electron chi connectivity index (χ2n) is 9.98. The Morgan fingerprint density at radius 2 is 1.97 bits per heavy atom. The Labute approximate surface area is 195 Å². The van der Waals surface area contributed by atoms with Gasteiger partial charge in [-0.25, -0.2) is 4.79 Å². The van der Waals surface area contributed by atoms with Crippen molar-refractivity contribution in [3.05, 3.63) is 64.8 Å². The van der Waals surface area contributed by atoms with Crippen LogP contribution in [0.3, 0.4) is 0 Å². The Bertz CT molecular complexity index is 1200. The number of nitrogens with one attached hydrogen (secondary N) is 1. The monoisotopic (exact) mass is 444 g/mol. The summed E-state index contributed by atoms with van der Waals surface area (Å²) in [5.74, 6) is 1.13. The Hall–Kier alpha value is -2.79. The van der Waals surface area contributed by atoms with Gasteiger partial charge in [0.25, 0.3) is 0 Å². The van der Waals surface area contributed by atoms with E-state index in [0.717, 1.165) is 53.8 Å². The van der Waals surface area contributed by atoms with Crippen LogP contribution in [0.25, 0.3) is 10.9 Å². The lowest BCUT2D eigenvalue weighted by molar-refractivity contribution is -0.177. The van der Waals surface area contributed by atoms with E-state index < -0.39 is 0 Å². The summed E-state index contributed by atoms with van der Waals surface area (Å²) in [6.45, 7) is 6.16. The largest absolute Gasteiger partial charge is 0.472 e. The number of benzene rings is 2. The normalized spacial score (nSPS) is 25.5. The second kappa shape index (κ2) is 7.91. The molecule has 3 atom stereocenters. The smallest absolute Gasteiger partial charge is 0.341 e. The van der Waals surface area contributed by atoms with E-state index in [-0.39, 0.29) is 17.8 Å². The quantitative estimate of drug-likeness (QED) is 0.510. The zero-order chi connectivity index (χ0) is 22.6. The number of ether oxygens (including phenoxy) is 2. The van der Waals surface area contributed by atoms with Crippen LogP contribution >= 0.6 is 0 Å². The van der Waals surface area contributed by atoms with Gasteiger partial charge in [-0.3, -0.25) is 4.90 Å². The number of H-pyrrole nitrogens is 1. The van der Waals surface area contributed by atoms with Crippen LogP contribution in [0.15, 0.2) is 42.5 Å². The summed E-state index contributed by atoms with van der Waals surface area (Å²) in [7, 11) is 0. The molecule has 1 spiro atoms. The molecule has 0 amide bonds. The molecule has 4 heterocycles. The van der Waals surface area contributed by atoms with Crippen molar-refractivity contribution in [3.63, 3.8) is 0 Å². The molecular weight excluding hydrogens is 412 g/mol. The van der Waals surface area contributed by atoms with Crippen LogP contribution in [0.2, 0.25) is 0 Å². The fraction of sp³-hybridized carbons (Fsp3) is 0.464. The predicted octanol–water partition coefficient (Wildman–Crippen LogP) is 5.92. The second-order valence-corrected chi connectivity index (χ2v) is 9.98. The number of aromatic amines is 1. The number of hydrogen-bond donors (Lipinski definition) is 1. The molecule has 3 aromatic rings. The average Bonchev–Trinajstić information content (AvgIpc) is 3.18. The summed E-state index contributed by atoms with van der Waals surface area (Å²) < 4.78 is 12.8. The van der Waals surface area contributed by atoms with E-state index in [1.54, 1.807) is 0 Å². The summed E-state index contributed by atoms with van der Waals surface area (Å²) in [6, 6.07) is 14.1. The van der Waals surface area contributed by atoms with Crippen molar-refractivity contribution in [1.82, 2.24) is 9.88 Å². The molecule has 33 heavy (non-hydrogen) atoms. The molecule has 0 bridgehead atoms. The van der Waals surface area contributed by atoms with Crippen LogP contribution in [0, 0.1) is 12.8 Å². The van der Waals surface area contributed by atoms with Crippen LogP contribution in [-0.2, 0) is 11.2 Å². The number of esters is 1. The highest BCUT2D eigenvalue weighted by Crippen LogP contribution is 2.50. The van der Waals surface area contributed by atoms with Gasteiger partial charge in [0.15, 0.2) is 5.72 Å². The fourth-order valence-electron chi connectivity index (χ4n) is 6.48. The first-order valence-electron chi connectivity index (χ1n) is 12.4. The zero-order valence-electron chi connectivity index (χ0n) is 19.5. The topological polar surface area (TPSA) is 54.6 Å². The molecule has 2 unspecified atom stereocenters. The Morgan fingerprint density at radius 1 is 1.15 bits per heavy atom. The Kier molecular flexibility index (Phi) is 4.98. The lowest BCUT2D eigenvalue weighted by Gasteiger charge is -2.56. The molecule has 1 N–H and O–H groups in total. The van der Waals surface area contributed by atoms with E-state index in [1.165, 1.54) is 31.2 Å². The van der Waals surface area contributed by atoms with Crippen LogP contribution in [0.5, 0.6) is 5.75 Å². The highest BCUT2D eigenvalue weighted by atomic mass is 16.5. The maximum atomic E-state index is 13.4. The Morgan fingerprint density at radius 3 is 2.82 bits per heavy atom. The minimum absolute atomic E-state index is 0.162. The van der Waals surface area contributed by atoms with E-state index in [4.69, 9.17) is 9.47 Å². The maximum absolute atomic E-state index is 13.4. The minimum Gasteiger partial charge on any atom is -0.472 e. The average molecular weight is 445 g/mol.